The molecule has 11 heteroatoms. The molecular formula is C27H26F3N5O3. The monoisotopic (exact) mass is 525 g/mol. The van der Waals surface area contributed by atoms with Crippen LogP contribution in [0.4, 0.5) is 23.7 Å². The maximum Gasteiger partial charge on any atom is 0.416 e. The van der Waals surface area contributed by atoms with Gasteiger partial charge in [0, 0.05) is 43.0 Å². The van der Waals surface area contributed by atoms with Crippen LogP contribution in [0.3, 0.4) is 0 Å². The van der Waals surface area contributed by atoms with Crippen LogP contribution < -0.4 is 10.1 Å². The lowest BCUT2D eigenvalue weighted by Crippen LogP contribution is -2.44. The number of morpholine rings is 1. The molecule has 8 nitrogen and oxygen atoms in total. The lowest BCUT2D eigenvalue weighted by molar-refractivity contribution is -0.137. The number of amides is 1. The Hall–Kier alpha value is -3.96. The summed E-state index contributed by atoms with van der Waals surface area (Å²) in [6, 6.07) is 12.6. The van der Waals surface area contributed by atoms with Crippen LogP contribution in [-0.2, 0) is 17.5 Å². The number of alkyl halides is 3. The molecule has 1 amide bonds. The molecule has 2 aromatic carbocycles. The predicted molar refractivity (Wildman–Crippen MR) is 135 cm³/mol. The van der Waals surface area contributed by atoms with Crippen molar-refractivity contribution in [2.75, 3.05) is 18.4 Å². The molecule has 3 heterocycles. The van der Waals surface area contributed by atoms with Gasteiger partial charge in [0.05, 0.1) is 29.0 Å². The summed E-state index contributed by atoms with van der Waals surface area (Å²) < 4.78 is 52.0. The fourth-order valence-corrected chi connectivity index (χ4v) is 4.60. The highest BCUT2D eigenvalue weighted by molar-refractivity contribution is 5.98. The second-order valence-electron chi connectivity index (χ2n) is 9.32. The molecule has 0 radical (unpaired) electrons. The Morgan fingerprint density at radius 1 is 1.08 bits per heavy atom. The van der Waals surface area contributed by atoms with Crippen molar-refractivity contribution in [2.24, 2.45) is 0 Å². The molecule has 2 atom stereocenters. The summed E-state index contributed by atoms with van der Waals surface area (Å²) in [7, 11) is 0. The number of anilines is 1. The summed E-state index contributed by atoms with van der Waals surface area (Å²) in [5.74, 6) is 0.914. The molecule has 1 fully saturated rings. The standard InChI is InChI=1S/C27H26F3N5O3/c1-17-13-34(14-18(2)37-17)15-22-12-25(32-16-31-22)38-23-6-7-24-19(10-23)8-9-35(24)26(36)33-21-5-3-4-20(11-21)27(28,29)30/h3-12,16-18H,13-15H2,1-2H3,(H,33,36). The Bertz CT molecular complexity index is 1450. The maximum atomic E-state index is 13.0. The summed E-state index contributed by atoms with van der Waals surface area (Å²) in [5, 5.41) is 3.23. The molecular weight excluding hydrogens is 499 g/mol. The number of nitrogens with one attached hydrogen (secondary N) is 1. The molecule has 2 unspecified atom stereocenters. The zero-order valence-electron chi connectivity index (χ0n) is 20.8. The van der Waals surface area contributed by atoms with Gasteiger partial charge in [-0.2, -0.15) is 13.2 Å². The van der Waals surface area contributed by atoms with Crippen molar-refractivity contribution in [1.82, 2.24) is 19.4 Å². The summed E-state index contributed by atoms with van der Waals surface area (Å²) >= 11 is 0. The SMILES string of the molecule is CC1CN(Cc2cc(Oc3ccc4c(ccn4C(=O)Nc4cccc(C(F)(F)F)c4)c3)ncn2)CC(C)O1. The number of rotatable bonds is 5. The first kappa shape index (κ1) is 25.7. The van der Waals surface area contributed by atoms with Gasteiger partial charge in [0.2, 0.25) is 5.88 Å². The minimum Gasteiger partial charge on any atom is -0.439 e. The molecule has 0 aliphatic carbocycles. The first-order valence-corrected chi connectivity index (χ1v) is 12.1. The average Bonchev–Trinajstić information content (AvgIpc) is 3.27. The fraction of sp³-hybridized carbons (Fsp3) is 0.296. The quantitative estimate of drug-likeness (QED) is 0.348. The van der Waals surface area contributed by atoms with E-state index in [4.69, 9.17) is 9.47 Å². The third-order valence-corrected chi connectivity index (χ3v) is 6.12. The van der Waals surface area contributed by atoms with Crippen molar-refractivity contribution in [1.29, 1.82) is 0 Å². The Morgan fingerprint density at radius 2 is 1.87 bits per heavy atom. The Labute approximate surface area is 217 Å². The molecule has 1 saturated heterocycles. The van der Waals surface area contributed by atoms with Crippen molar-refractivity contribution in [3.05, 3.63) is 78.4 Å². The molecule has 1 aliphatic rings. The molecule has 1 N–H and O–H groups in total. The first-order chi connectivity index (χ1) is 18.1. The number of halogens is 3. The number of hydrogen-bond acceptors (Lipinski definition) is 6. The van der Waals surface area contributed by atoms with Crippen LogP contribution in [0.1, 0.15) is 25.1 Å². The highest BCUT2D eigenvalue weighted by Gasteiger charge is 2.30. The van der Waals surface area contributed by atoms with E-state index in [1.807, 2.05) is 0 Å². The smallest absolute Gasteiger partial charge is 0.416 e. The highest BCUT2D eigenvalue weighted by atomic mass is 19.4. The molecule has 0 bridgehead atoms. The first-order valence-electron chi connectivity index (χ1n) is 12.1. The number of aromatic nitrogens is 3. The van der Waals surface area contributed by atoms with E-state index >= 15 is 0 Å². The minimum atomic E-state index is -4.50. The normalized spacial score (nSPS) is 18.4. The average molecular weight is 526 g/mol. The molecule has 198 valence electrons. The summed E-state index contributed by atoms with van der Waals surface area (Å²) in [4.78, 5) is 23.6. The summed E-state index contributed by atoms with van der Waals surface area (Å²) in [6.45, 7) is 6.39. The van der Waals surface area contributed by atoms with Gasteiger partial charge in [-0.3, -0.25) is 9.47 Å². The number of ether oxygens (including phenoxy) is 2. The van der Waals surface area contributed by atoms with Crippen LogP contribution in [0.5, 0.6) is 11.6 Å². The lowest BCUT2D eigenvalue weighted by Gasteiger charge is -2.35. The van der Waals surface area contributed by atoms with Crippen LogP contribution in [0.15, 0.2) is 67.1 Å². The van der Waals surface area contributed by atoms with Crippen molar-refractivity contribution < 1.29 is 27.4 Å². The van der Waals surface area contributed by atoms with Gasteiger partial charge in [-0.25, -0.2) is 14.8 Å². The van der Waals surface area contributed by atoms with Crippen molar-refractivity contribution >= 4 is 22.6 Å². The van der Waals surface area contributed by atoms with Crippen LogP contribution >= 0.6 is 0 Å². The molecule has 38 heavy (non-hydrogen) atoms. The third kappa shape index (κ3) is 5.95. The van der Waals surface area contributed by atoms with E-state index < -0.39 is 17.8 Å². The zero-order chi connectivity index (χ0) is 26.9. The van der Waals surface area contributed by atoms with E-state index in [0.717, 1.165) is 30.9 Å². The van der Waals surface area contributed by atoms with Gasteiger partial charge in [0.25, 0.3) is 0 Å². The predicted octanol–water partition coefficient (Wildman–Crippen LogP) is 5.93. The highest BCUT2D eigenvalue weighted by Crippen LogP contribution is 2.31. The van der Waals surface area contributed by atoms with E-state index in [0.29, 0.717) is 29.1 Å². The van der Waals surface area contributed by atoms with E-state index in [1.54, 1.807) is 36.5 Å². The van der Waals surface area contributed by atoms with Gasteiger partial charge in [-0.05, 0) is 56.3 Å². The topological polar surface area (TPSA) is 81.5 Å². The zero-order valence-corrected chi connectivity index (χ0v) is 20.8. The van der Waals surface area contributed by atoms with Gasteiger partial charge >= 0.3 is 12.2 Å². The number of benzene rings is 2. The fourth-order valence-electron chi connectivity index (χ4n) is 4.60. The van der Waals surface area contributed by atoms with Gasteiger partial charge in [-0.1, -0.05) is 6.07 Å². The van der Waals surface area contributed by atoms with E-state index in [2.05, 4.69) is 34.0 Å². The van der Waals surface area contributed by atoms with E-state index in [-0.39, 0.29) is 17.9 Å². The van der Waals surface area contributed by atoms with Crippen LogP contribution in [0.2, 0.25) is 0 Å². The van der Waals surface area contributed by atoms with Crippen LogP contribution in [0.25, 0.3) is 10.9 Å². The van der Waals surface area contributed by atoms with Gasteiger partial charge in [0.15, 0.2) is 0 Å². The minimum absolute atomic E-state index is 0.0483. The number of nitrogens with zero attached hydrogens (tertiary/aromatic N) is 4. The lowest BCUT2D eigenvalue weighted by atomic mass is 10.2. The number of carbonyl (C=O) groups excluding carboxylic acids is 1. The van der Waals surface area contributed by atoms with Crippen molar-refractivity contribution in [2.45, 2.75) is 38.8 Å². The van der Waals surface area contributed by atoms with Gasteiger partial charge in [0.1, 0.15) is 12.1 Å². The Morgan fingerprint density at radius 3 is 2.63 bits per heavy atom. The van der Waals surface area contributed by atoms with Gasteiger partial charge < -0.3 is 14.8 Å². The Kier molecular flexibility index (Phi) is 7.04. The Balaban J connectivity index is 1.28. The number of fused-ring (bicyclic) bond motifs is 1. The summed E-state index contributed by atoms with van der Waals surface area (Å²) in [6.07, 6.45) is -1.18. The second kappa shape index (κ2) is 10.4. The second-order valence-corrected chi connectivity index (χ2v) is 9.32. The van der Waals surface area contributed by atoms with Crippen LogP contribution in [0, 0.1) is 0 Å². The molecule has 5 rings (SSSR count). The van der Waals surface area contributed by atoms with Crippen molar-refractivity contribution in [3.63, 3.8) is 0 Å². The van der Waals surface area contributed by atoms with Gasteiger partial charge in [-0.15, -0.1) is 0 Å². The molecule has 1 aliphatic heterocycles. The summed E-state index contributed by atoms with van der Waals surface area (Å²) in [5.41, 5.74) is 0.610. The molecule has 4 aromatic rings. The third-order valence-electron chi connectivity index (χ3n) is 6.12. The largest absolute Gasteiger partial charge is 0.439 e. The molecule has 2 aromatic heterocycles. The number of carbonyl (C=O) groups is 1. The van der Waals surface area contributed by atoms with E-state index in [9.17, 15) is 18.0 Å². The molecule has 0 spiro atoms. The van der Waals surface area contributed by atoms with Crippen LogP contribution in [-0.4, -0.2) is 50.8 Å². The maximum absolute atomic E-state index is 13.0. The molecule has 0 saturated carbocycles. The number of hydrogen-bond donors (Lipinski definition) is 1. The van der Waals surface area contributed by atoms with E-state index in [1.165, 1.54) is 23.0 Å². The van der Waals surface area contributed by atoms with Crippen molar-refractivity contribution in [3.8, 4) is 11.6 Å².